The van der Waals surface area contributed by atoms with Crippen molar-refractivity contribution in [3.63, 3.8) is 0 Å². The predicted molar refractivity (Wildman–Crippen MR) is 98.0 cm³/mol. The zero-order chi connectivity index (χ0) is 19.1. The van der Waals surface area contributed by atoms with E-state index < -0.39 is 23.9 Å². The van der Waals surface area contributed by atoms with Gasteiger partial charge in [0.2, 0.25) is 0 Å². The first-order valence-corrected chi connectivity index (χ1v) is 8.80. The largest absolute Gasteiger partial charge is 0.480 e. The van der Waals surface area contributed by atoms with Crippen LogP contribution in [-0.2, 0) is 4.79 Å². The third-order valence-corrected chi connectivity index (χ3v) is 4.80. The number of aromatic nitrogens is 1. The molecule has 5 N–H and O–H groups in total. The van der Waals surface area contributed by atoms with Crippen LogP contribution in [0.2, 0.25) is 0 Å². The van der Waals surface area contributed by atoms with Crippen molar-refractivity contribution in [2.75, 3.05) is 6.54 Å². The zero-order valence-electron chi connectivity index (χ0n) is 14.2. The van der Waals surface area contributed by atoms with E-state index in [0.717, 1.165) is 5.56 Å². The highest BCUT2D eigenvalue weighted by molar-refractivity contribution is 7.17. The number of primary amides is 1. The predicted octanol–water partition coefficient (Wildman–Crippen LogP) is 1.75. The lowest BCUT2D eigenvalue weighted by molar-refractivity contribution is -0.139. The number of urea groups is 1. The highest BCUT2D eigenvalue weighted by Crippen LogP contribution is 2.27. The van der Waals surface area contributed by atoms with Crippen LogP contribution in [0.3, 0.4) is 0 Å². The minimum absolute atomic E-state index is 0.171. The summed E-state index contributed by atoms with van der Waals surface area (Å²) >= 11 is 1.22. The number of carbonyl (C=O) groups is 3. The molecule has 0 saturated carbocycles. The Kier molecular flexibility index (Phi) is 6.67. The minimum atomic E-state index is -1.14. The number of hydrogen-bond donors (Lipinski definition) is 4. The Balaban J connectivity index is 2.04. The molecule has 26 heavy (non-hydrogen) atoms. The molecular weight excluding hydrogens is 356 g/mol. The molecule has 1 heterocycles. The van der Waals surface area contributed by atoms with E-state index in [1.165, 1.54) is 11.3 Å². The maximum atomic E-state index is 12.5. The number of benzene rings is 1. The van der Waals surface area contributed by atoms with E-state index in [-0.39, 0.29) is 13.0 Å². The van der Waals surface area contributed by atoms with Crippen molar-refractivity contribution in [2.45, 2.75) is 25.8 Å². The molecule has 1 aromatic carbocycles. The summed E-state index contributed by atoms with van der Waals surface area (Å²) in [5, 5.41) is 14.9. The van der Waals surface area contributed by atoms with E-state index in [4.69, 9.17) is 5.73 Å². The summed E-state index contributed by atoms with van der Waals surface area (Å²) in [7, 11) is 0. The van der Waals surface area contributed by atoms with Crippen LogP contribution >= 0.6 is 11.3 Å². The van der Waals surface area contributed by atoms with E-state index in [9.17, 15) is 19.5 Å². The summed E-state index contributed by atoms with van der Waals surface area (Å²) in [4.78, 5) is 39.2. The van der Waals surface area contributed by atoms with Gasteiger partial charge in [-0.2, -0.15) is 0 Å². The van der Waals surface area contributed by atoms with E-state index >= 15 is 0 Å². The summed E-state index contributed by atoms with van der Waals surface area (Å²) in [5.41, 5.74) is 6.39. The molecule has 8 nitrogen and oxygen atoms in total. The average Bonchev–Trinajstić information content (AvgIpc) is 2.99. The number of nitrogens with two attached hydrogens (primary N) is 1. The SMILES string of the molecule is Cc1nc(-c2ccccc2)sc1C(=O)NC(CCCNC(N)=O)C(=O)O. The van der Waals surface area contributed by atoms with Crippen molar-refractivity contribution in [1.29, 1.82) is 0 Å². The van der Waals surface area contributed by atoms with Gasteiger partial charge in [0.05, 0.1) is 5.69 Å². The Morgan fingerprint density at radius 3 is 2.58 bits per heavy atom. The number of nitrogens with zero attached hydrogens (tertiary/aromatic N) is 1. The van der Waals surface area contributed by atoms with Crippen LogP contribution in [0.5, 0.6) is 0 Å². The highest BCUT2D eigenvalue weighted by Gasteiger charge is 2.23. The molecule has 9 heteroatoms. The van der Waals surface area contributed by atoms with Gasteiger partial charge in [0.25, 0.3) is 5.91 Å². The molecule has 1 atom stereocenters. The summed E-state index contributed by atoms with van der Waals surface area (Å²) < 4.78 is 0. The van der Waals surface area contributed by atoms with Crippen LogP contribution < -0.4 is 16.4 Å². The Hall–Kier alpha value is -2.94. The lowest BCUT2D eigenvalue weighted by Gasteiger charge is -2.14. The van der Waals surface area contributed by atoms with Crippen LogP contribution in [0, 0.1) is 6.92 Å². The topological polar surface area (TPSA) is 134 Å². The van der Waals surface area contributed by atoms with Gasteiger partial charge in [-0.05, 0) is 19.8 Å². The third kappa shape index (κ3) is 5.28. The average molecular weight is 376 g/mol. The number of rotatable bonds is 8. The number of aryl methyl sites for hydroxylation is 1. The lowest BCUT2D eigenvalue weighted by Crippen LogP contribution is -2.41. The van der Waals surface area contributed by atoms with Gasteiger partial charge < -0.3 is 21.5 Å². The first-order valence-electron chi connectivity index (χ1n) is 7.98. The molecule has 2 aromatic rings. The summed E-state index contributed by atoms with van der Waals surface area (Å²) in [6.07, 6.45) is 0.544. The van der Waals surface area contributed by atoms with Crippen molar-refractivity contribution in [2.24, 2.45) is 5.73 Å². The molecular formula is C17H20N4O4S. The molecule has 0 spiro atoms. The normalized spacial score (nSPS) is 11.6. The molecule has 0 radical (unpaired) electrons. The molecule has 0 aliphatic rings. The molecule has 138 valence electrons. The van der Waals surface area contributed by atoms with Gasteiger partial charge in [0.15, 0.2) is 0 Å². The summed E-state index contributed by atoms with van der Waals surface area (Å²) in [6, 6.07) is 7.71. The number of amides is 3. The Bertz CT molecular complexity index is 791. The Labute approximate surface area is 154 Å². The number of nitrogens with one attached hydrogen (secondary N) is 2. The Morgan fingerprint density at radius 2 is 1.96 bits per heavy atom. The second kappa shape index (κ2) is 8.95. The molecule has 2 rings (SSSR count). The Morgan fingerprint density at radius 1 is 1.27 bits per heavy atom. The van der Waals surface area contributed by atoms with Gasteiger partial charge in [-0.1, -0.05) is 30.3 Å². The van der Waals surface area contributed by atoms with Crippen LogP contribution in [0.4, 0.5) is 4.79 Å². The van der Waals surface area contributed by atoms with Gasteiger partial charge in [-0.25, -0.2) is 14.6 Å². The van der Waals surface area contributed by atoms with Crippen molar-refractivity contribution in [1.82, 2.24) is 15.6 Å². The first kappa shape index (κ1) is 19.4. The van der Waals surface area contributed by atoms with Crippen LogP contribution in [0.15, 0.2) is 30.3 Å². The molecule has 3 amide bonds. The van der Waals surface area contributed by atoms with E-state index in [1.54, 1.807) is 6.92 Å². The van der Waals surface area contributed by atoms with Crippen LogP contribution in [0.1, 0.15) is 28.2 Å². The van der Waals surface area contributed by atoms with Crippen LogP contribution in [0.25, 0.3) is 10.6 Å². The maximum absolute atomic E-state index is 12.5. The molecule has 0 aliphatic heterocycles. The van der Waals surface area contributed by atoms with E-state index in [2.05, 4.69) is 15.6 Å². The second-order valence-corrected chi connectivity index (χ2v) is 6.60. The van der Waals surface area contributed by atoms with Crippen LogP contribution in [-0.4, -0.2) is 40.6 Å². The standard InChI is InChI=1S/C17H20N4O4S/c1-10-13(26-15(20-10)11-6-3-2-4-7-11)14(22)21-12(16(23)24)8-5-9-19-17(18)25/h2-4,6-7,12H,5,8-9H2,1H3,(H,21,22)(H,23,24)(H3,18,19,25). The van der Waals surface area contributed by atoms with Gasteiger partial charge in [-0.15, -0.1) is 11.3 Å². The molecule has 0 bridgehead atoms. The number of aliphatic carboxylic acids is 1. The third-order valence-electron chi connectivity index (χ3n) is 3.60. The van der Waals surface area contributed by atoms with Gasteiger partial charge >= 0.3 is 12.0 Å². The second-order valence-electron chi connectivity index (χ2n) is 5.60. The van der Waals surface area contributed by atoms with Gasteiger partial charge in [0.1, 0.15) is 15.9 Å². The van der Waals surface area contributed by atoms with Crippen molar-refractivity contribution >= 4 is 29.2 Å². The molecule has 0 aliphatic carbocycles. The van der Waals surface area contributed by atoms with Gasteiger partial charge in [0, 0.05) is 12.1 Å². The lowest BCUT2D eigenvalue weighted by atomic mass is 10.1. The maximum Gasteiger partial charge on any atom is 0.326 e. The number of thiazole rings is 1. The number of carbonyl (C=O) groups excluding carboxylic acids is 2. The fourth-order valence-electron chi connectivity index (χ4n) is 2.31. The quantitative estimate of drug-likeness (QED) is 0.521. The van der Waals surface area contributed by atoms with Crippen molar-refractivity contribution in [3.8, 4) is 10.6 Å². The molecule has 0 saturated heterocycles. The number of carboxylic acid groups (broad SMARTS) is 1. The molecule has 1 aromatic heterocycles. The summed E-state index contributed by atoms with van der Waals surface area (Å²) in [5.74, 6) is -1.61. The first-order chi connectivity index (χ1) is 12.4. The monoisotopic (exact) mass is 376 g/mol. The highest BCUT2D eigenvalue weighted by atomic mass is 32.1. The molecule has 1 unspecified atom stereocenters. The smallest absolute Gasteiger partial charge is 0.326 e. The minimum Gasteiger partial charge on any atom is -0.480 e. The van der Waals surface area contributed by atoms with Gasteiger partial charge in [-0.3, -0.25) is 4.79 Å². The van der Waals surface area contributed by atoms with E-state index in [0.29, 0.717) is 22.0 Å². The van der Waals surface area contributed by atoms with Crippen molar-refractivity contribution < 1.29 is 19.5 Å². The number of hydrogen-bond acceptors (Lipinski definition) is 5. The zero-order valence-corrected chi connectivity index (χ0v) is 15.0. The number of carboxylic acids is 1. The fraction of sp³-hybridized carbons (Fsp3) is 0.294. The summed E-state index contributed by atoms with van der Waals surface area (Å²) in [6.45, 7) is 1.96. The molecule has 0 fully saturated rings. The van der Waals surface area contributed by atoms with E-state index in [1.807, 2.05) is 30.3 Å². The fourth-order valence-corrected chi connectivity index (χ4v) is 3.29. The van der Waals surface area contributed by atoms with Crippen molar-refractivity contribution in [3.05, 3.63) is 40.9 Å².